The molecular formula is C20H32IN5O2. The highest BCUT2D eigenvalue weighted by molar-refractivity contribution is 14.0. The van der Waals surface area contributed by atoms with E-state index in [-0.39, 0.29) is 42.3 Å². The van der Waals surface area contributed by atoms with Gasteiger partial charge in [-0.15, -0.1) is 24.0 Å². The first-order valence-electron chi connectivity index (χ1n) is 9.59. The molecule has 0 aromatic heterocycles. The number of halogens is 1. The zero-order valence-corrected chi connectivity index (χ0v) is 19.1. The average molecular weight is 501 g/mol. The standard InChI is InChI=1S/C20H31N5O2.HI/c1-21-18(26)14-17-9-12-25(13-10-17)20(22-2)24-15-19(27)23-11-8-16-6-4-3-5-7-16;/h3-7,17H,8-15H2,1-2H3,(H,21,26)(H,22,24)(H,23,27);1H. The Morgan fingerprint density at radius 3 is 2.39 bits per heavy atom. The van der Waals surface area contributed by atoms with Crippen LogP contribution in [0.3, 0.4) is 0 Å². The highest BCUT2D eigenvalue weighted by Gasteiger charge is 2.23. The van der Waals surface area contributed by atoms with Gasteiger partial charge < -0.3 is 20.9 Å². The lowest BCUT2D eigenvalue weighted by molar-refractivity contribution is -0.122. The lowest BCUT2D eigenvalue weighted by atomic mass is 9.93. The highest BCUT2D eigenvalue weighted by Crippen LogP contribution is 2.20. The molecule has 2 amide bonds. The normalized spacial score (nSPS) is 14.8. The number of hydrogen-bond acceptors (Lipinski definition) is 3. The molecule has 1 aliphatic rings. The summed E-state index contributed by atoms with van der Waals surface area (Å²) in [5.41, 5.74) is 1.21. The van der Waals surface area contributed by atoms with Gasteiger partial charge in [0.25, 0.3) is 0 Å². The maximum atomic E-state index is 12.1. The number of rotatable bonds is 7. The topological polar surface area (TPSA) is 85.8 Å². The van der Waals surface area contributed by atoms with Crippen LogP contribution in [-0.2, 0) is 16.0 Å². The van der Waals surface area contributed by atoms with E-state index in [0.717, 1.165) is 38.3 Å². The van der Waals surface area contributed by atoms with Crippen molar-refractivity contribution >= 4 is 41.8 Å². The van der Waals surface area contributed by atoms with Crippen LogP contribution in [0, 0.1) is 5.92 Å². The van der Waals surface area contributed by atoms with Gasteiger partial charge in [0.15, 0.2) is 5.96 Å². The summed E-state index contributed by atoms with van der Waals surface area (Å²) in [5, 5.41) is 8.75. The monoisotopic (exact) mass is 501 g/mol. The molecule has 2 rings (SSSR count). The summed E-state index contributed by atoms with van der Waals surface area (Å²) >= 11 is 0. The van der Waals surface area contributed by atoms with E-state index in [0.29, 0.717) is 18.9 Å². The predicted octanol–water partition coefficient (Wildman–Crippen LogP) is 1.39. The predicted molar refractivity (Wildman–Crippen MR) is 123 cm³/mol. The maximum Gasteiger partial charge on any atom is 0.239 e. The first-order chi connectivity index (χ1) is 13.1. The van der Waals surface area contributed by atoms with E-state index in [1.54, 1.807) is 14.1 Å². The summed E-state index contributed by atoms with van der Waals surface area (Å²) in [7, 11) is 3.40. The fourth-order valence-corrected chi connectivity index (χ4v) is 3.26. The van der Waals surface area contributed by atoms with Crippen LogP contribution >= 0.6 is 24.0 Å². The van der Waals surface area contributed by atoms with Gasteiger partial charge in [-0.1, -0.05) is 30.3 Å². The quantitative estimate of drug-likeness (QED) is 0.300. The van der Waals surface area contributed by atoms with Crippen molar-refractivity contribution in [3.63, 3.8) is 0 Å². The molecule has 28 heavy (non-hydrogen) atoms. The van der Waals surface area contributed by atoms with Crippen molar-refractivity contribution in [3.05, 3.63) is 35.9 Å². The summed E-state index contributed by atoms with van der Waals surface area (Å²) in [5.74, 6) is 1.22. The van der Waals surface area contributed by atoms with Gasteiger partial charge in [-0.05, 0) is 30.7 Å². The Morgan fingerprint density at radius 2 is 1.79 bits per heavy atom. The summed E-state index contributed by atoms with van der Waals surface area (Å²) in [6, 6.07) is 10.1. The first kappa shape index (κ1) is 24.2. The molecule has 0 atom stereocenters. The molecule has 1 fully saturated rings. The molecule has 0 aliphatic carbocycles. The summed E-state index contributed by atoms with van der Waals surface area (Å²) in [6.07, 6.45) is 3.31. The molecule has 1 aliphatic heterocycles. The van der Waals surface area contributed by atoms with Gasteiger partial charge in [0.2, 0.25) is 11.8 Å². The second-order valence-corrected chi connectivity index (χ2v) is 6.79. The Hall–Kier alpha value is -1.84. The number of guanidine groups is 1. The van der Waals surface area contributed by atoms with Gasteiger partial charge >= 0.3 is 0 Å². The van der Waals surface area contributed by atoms with Crippen LogP contribution in [0.4, 0.5) is 0 Å². The number of piperidine rings is 1. The van der Waals surface area contributed by atoms with E-state index in [1.165, 1.54) is 5.56 Å². The van der Waals surface area contributed by atoms with Crippen LogP contribution in [0.5, 0.6) is 0 Å². The Bertz CT molecular complexity index is 631. The van der Waals surface area contributed by atoms with Crippen LogP contribution in [0.25, 0.3) is 0 Å². The van der Waals surface area contributed by atoms with E-state index >= 15 is 0 Å². The van der Waals surface area contributed by atoms with Crippen LogP contribution in [0.1, 0.15) is 24.8 Å². The zero-order chi connectivity index (χ0) is 19.5. The largest absolute Gasteiger partial charge is 0.359 e. The zero-order valence-electron chi connectivity index (χ0n) is 16.7. The molecule has 0 saturated carbocycles. The van der Waals surface area contributed by atoms with Crippen molar-refractivity contribution < 1.29 is 9.59 Å². The summed E-state index contributed by atoms with van der Waals surface area (Å²) in [6.45, 7) is 2.52. The average Bonchev–Trinajstić information content (AvgIpc) is 2.70. The van der Waals surface area contributed by atoms with Gasteiger partial charge in [0, 0.05) is 40.2 Å². The molecule has 8 heteroatoms. The first-order valence-corrected chi connectivity index (χ1v) is 9.59. The van der Waals surface area contributed by atoms with Crippen LogP contribution < -0.4 is 16.0 Å². The lowest BCUT2D eigenvalue weighted by Gasteiger charge is -2.33. The molecule has 1 aromatic rings. The van der Waals surface area contributed by atoms with Gasteiger partial charge in [-0.25, -0.2) is 0 Å². The number of hydrogen-bond donors (Lipinski definition) is 3. The van der Waals surface area contributed by atoms with Gasteiger partial charge in [0.05, 0.1) is 6.54 Å². The number of benzene rings is 1. The Balaban J connectivity index is 0.00000392. The van der Waals surface area contributed by atoms with Gasteiger partial charge in [-0.3, -0.25) is 14.6 Å². The van der Waals surface area contributed by atoms with Crippen LogP contribution in [0.15, 0.2) is 35.3 Å². The van der Waals surface area contributed by atoms with E-state index < -0.39 is 0 Å². The Morgan fingerprint density at radius 1 is 1.11 bits per heavy atom. The minimum absolute atomic E-state index is 0. The number of amides is 2. The third kappa shape index (κ3) is 8.45. The minimum Gasteiger partial charge on any atom is -0.359 e. The molecule has 3 N–H and O–H groups in total. The van der Waals surface area contributed by atoms with Crippen molar-refractivity contribution in [2.24, 2.45) is 10.9 Å². The Kier molecular flexibility index (Phi) is 11.5. The van der Waals surface area contributed by atoms with E-state index in [9.17, 15) is 9.59 Å². The molecule has 1 saturated heterocycles. The van der Waals surface area contributed by atoms with Crippen LogP contribution in [-0.4, -0.2) is 62.9 Å². The molecule has 1 heterocycles. The van der Waals surface area contributed by atoms with Crippen molar-refractivity contribution in [1.29, 1.82) is 0 Å². The highest BCUT2D eigenvalue weighted by atomic mass is 127. The Labute approximate surface area is 184 Å². The van der Waals surface area contributed by atoms with E-state index in [1.807, 2.05) is 18.2 Å². The number of carbonyl (C=O) groups excluding carboxylic acids is 2. The molecule has 0 spiro atoms. The van der Waals surface area contributed by atoms with Crippen molar-refractivity contribution in [1.82, 2.24) is 20.9 Å². The van der Waals surface area contributed by atoms with Crippen molar-refractivity contribution in [2.75, 3.05) is 40.3 Å². The number of nitrogens with zero attached hydrogens (tertiary/aromatic N) is 2. The molecule has 1 aromatic carbocycles. The van der Waals surface area contributed by atoms with Gasteiger partial charge in [0.1, 0.15) is 0 Å². The third-order valence-electron chi connectivity index (χ3n) is 4.86. The summed E-state index contributed by atoms with van der Waals surface area (Å²) < 4.78 is 0. The number of likely N-dealkylation sites (tertiary alicyclic amines) is 1. The van der Waals surface area contributed by atoms with Gasteiger partial charge in [-0.2, -0.15) is 0 Å². The fourth-order valence-electron chi connectivity index (χ4n) is 3.26. The SMILES string of the molecule is CN=C(NCC(=O)NCCc1ccccc1)N1CCC(CC(=O)NC)CC1.I. The molecule has 0 radical (unpaired) electrons. The molecule has 0 bridgehead atoms. The van der Waals surface area contributed by atoms with E-state index in [2.05, 4.69) is 38.0 Å². The molecule has 0 unspecified atom stereocenters. The number of nitrogens with one attached hydrogen (secondary N) is 3. The maximum absolute atomic E-state index is 12.1. The molecule has 156 valence electrons. The lowest BCUT2D eigenvalue weighted by Crippen LogP contribution is -2.48. The van der Waals surface area contributed by atoms with Crippen LogP contribution in [0.2, 0.25) is 0 Å². The summed E-state index contributed by atoms with van der Waals surface area (Å²) in [4.78, 5) is 30.0. The van der Waals surface area contributed by atoms with Crippen molar-refractivity contribution in [2.45, 2.75) is 25.7 Å². The van der Waals surface area contributed by atoms with E-state index in [4.69, 9.17) is 0 Å². The molecular weight excluding hydrogens is 469 g/mol. The smallest absolute Gasteiger partial charge is 0.239 e. The number of aliphatic imine (C=N–C) groups is 1. The second-order valence-electron chi connectivity index (χ2n) is 6.79. The number of carbonyl (C=O) groups is 2. The second kappa shape index (κ2) is 13.4. The van der Waals surface area contributed by atoms with Crippen molar-refractivity contribution in [3.8, 4) is 0 Å². The molecule has 7 nitrogen and oxygen atoms in total. The third-order valence-corrected chi connectivity index (χ3v) is 4.86. The fraction of sp³-hybridized carbons (Fsp3) is 0.550. The minimum atomic E-state index is -0.0402.